The number of nitrogens with zero attached hydrogens (tertiary/aromatic N) is 1. The van der Waals surface area contributed by atoms with Crippen LogP contribution in [0.3, 0.4) is 0 Å². The average molecular weight is 234 g/mol. The van der Waals surface area contributed by atoms with Crippen LogP contribution in [-0.4, -0.2) is 53.6 Å². The fraction of sp³-hybridized carbons (Fsp3) is 0.778. The van der Waals surface area contributed by atoms with E-state index in [-0.39, 0.29) is 12.6 Å². The van der Waals surface area contributed by atoms with Crippen molar-refractivity contribution >= 4 is 23.8 Å². The molecule has 0 aliphatic heterocycles. The number of carboxylic acids is 1. The number of thioether (sulfide) groups is 1. The number of hydrogen-bond acceptors (Lipinski definition) is 3. The maximum atomic E-state index is 11.3. The van der Waals surface area contributed by atoms with Gasteiger partial charge in [0.1, 0.15) is 6.54 Å². The van der Waals surface area contributed by atoms with Crippen molar-refractivity contribution in [3.63, 3.8) is 0 Å². The van der Waals surface area contributed by atoms with Crippen LogP contribution < -0.4 is 5.32 Å². The van der Waals surface area contributed by atoms with E-state index in [0.29, 0.717) is 11.8 Å². The lowest BCUT2D eigenvalue weighted by Crippen LogP contribution is -2.40. The van der Waals surface area contributed by atoms with Crippen molar-refractivity contribution in [1.82, 2.24) is 10.2 Å². The summed E-state index contributed by atoms with van der Waals surface area (Å²) in [5.41, 5.74) is 0. The topological polar surface area (TPSA) is 69.6 Å². The van der Waals surface area contributed by atoms with Crippen molar-refractivity contribution < 1.29 is 14.7 Å². The number of carbonyl (C=O) groups is 2. The summed E-state index contributed by atoms with van der Waals surface area (Å²) in [4.78, 5) is 22.8. The number of likely N-dealkylation sites (N-methyl/N-ethyl adjacent to an activating group) is 1. The Bertz CT molecular complexity index is 223. The van der Waals surface area contributed by atoms with Gasteiger partial charge in [-0.1, -0.05) is 6.92 Å². The average Bonchev–Trinajstić information content (AvgIpc) is 2.16. The quantitative estimate of drug-likeness (QED) is 0.715. The van der Waals surface area contributed by atoms with E-state index >= 15 is 0 Å². The fourth-order valence-electron chi connectivity index (χ4n) is 0.910. The number of carboxylic acid groups (broad SMARTS) is 1. The summed E-state index contributed by atoms with van der Waals surface area (Å²) in [5.74, 6) is -1.01. The predicted molar refractivity (Wildman–Crippen MR) is 61.3 cm³/mol. The second kappa shape index (κ2) is 7.39. The molecule has 1 atom stereocenters. The van der Waals surface area contributed by atoms with Crippen molar-refractivity contribution in [3.8, 4) is 0 Å². The zero-order valence-electron chi connectivity index (χ0n) is 9.32. The third kappa shape index (κ3) is 7.07. The van der Waals surface area contributed by atoms with Gasteiger partial charge in [-0.25, -0.2) is 4.79 Å². The van der Waals surface area contributed by atoms with Crippen molar-refractivity contribution in [3.05, 3.63) is 0 Å². The highest BCUT2D eigenvalue weighted by molar-refractivity contribution is 7.99. The minimum absolute atomic E-state index is 0.274. The molecule has 6 heteroatoms. The minimum Gasteiger partial charge on any atom is -0.480 e. The first-order valence-electron chi connectivity index (χ1n) is 4.71. The first kappa shape index (κ1) is 14.1. The Balaban J connectivity index is 3.69. The molecule has 0 spiro atoms. The molecule has 0 saturated heterocycles. The van der Waals surface area contributed by atoms with Gasteiger partial charge in [-0.3, -0.25) is 4.79 Å². The van der Waals surface area contributed by atoms with E-state index < -0.39 is 5.97 Å². The molecular weight excluding hydrogens is 216 g/mol. The number of hydrogen-bond donors (Lipinski definition) is 2. The van der Waals surface area contributed by atoms with E-state index in [9.17, 15) is 9.59 Å². The van der Waals surface area contributed by atoms with Gasteiger partial charge in [-0.2, -0.15) is 11.8 Å². The number of rotatable bonds is 6. The van der Waals surface area contributed by atoms with Crippen LogP contribution in [0.2, 0.25) is 0 Å². The summed E-state index contributed by atoms with van der Waals surface area (Å²) < 4.78 is 0. The van der Waals surface area contributed by atoms with E-state index in [1.54, 1.807) is 11.8 Å². The number of aliphatic carboxylic acids is 1. The smallest absolute Gasteiger partial charge is 0.323 e. The molecule has 0 heterocycles. The second-order valence-electron chi connectivity index (χ2n) is 3.32. The molecule has 0 aliphatic rings. The molecule has 0 aromatic rings. The Labute approximate surface area is 94.2 Å². The monoisotopic (exact) mass is 234 g/mol. The van der Waals surface area contributed by atoms with Crippen LogP contribution in [0.15, 0.2) is 0 Å². The molecule has 0 aromatic carbocycles. The normalized spacial score (nSPS) is 11.9. The lowest BCUT2D eigenvalue weighted by atomic mass is 10.3. The van der Waals surface area contributed by atoms with Crippen LogP contribution in [0.1, 0.15) is 13.3 Å². The second-order valence-corrected chi connectivity index (χ2v) is 4.59. The molecule has 5 nitrogen and oxygen atoms in total. The van der Waals surface area contributed by atoms with Gasteiger partial charge in [0.2, 0.25) is 0 Å². The van der Waals surface area contributed by atoms with Crippen molar-refractivity contribution in [2.24, 2.45) is 0 Å². The number of urea groups is 1. The Hall–Kier alpha value is -0.910. The largest absolute Gasteiger partial charge is 0.480 e. The summed E-state index contributed by atoms with van der Waals surface area (Å²) in [6.07, 6.45) is 2.90. The van der Waals surface area contributed by atoms with Crippen molar-refractivity contribution in [1.29, 1.82) is 0 Å². The van der Waals surface area contributed by atoms with Gasteiger partial charge in [-0.05, 0) is 12.7 Å². The van der Waals surface area contributed by atoms with Gasteiger partial charge in [0.05, 0.1) is 0 Å². The van der Waals surface area contributed by atoms with Gasteiger partial charge >= 0.3 is 12.0 Å². The first-order chi connectivity index (χ1) is 6.97. The lowest BCUT2D eigenvalue weighted by molar-refractivity contribution is -0.137. The molecule has 15 heavy (non-hydrogen) atoms. The molecule has 0 fully saturated rings. The van der Waals surface area contributed by atoms with Crippen molar-refractivity contribution in [2.45, 2.75) is 18.6 Å². The maximum Gasteiger partial charge on any atom is 0.323 e. The third-order valence-corrected chi connectivity index (χ3v) is 2.99. The highest BCUT2D eigenvalue weighted by Gasteiger charge is 2.11. The Morgan fingerprint density at radius 3 is 2.60 bits per heavy atom. The molecular formula is C9H18N2O3S. The molecule has 0 rings (SSSR count). The van der Waals surface area contributed by atoms with Crippen LogP contribution in [0, 0.1) is 0 Å². The number of carbonyl (C=O) groups excluding carboxylic acids is 1. The Kier molecular flexibility index (Phi) is 6.94. The Morgan fingerprint density at radius 1 is 1.53 bits per heavy atom. The molecule has 2 N–H and O–H groups in total. The summed E-state index contributed by atoms with van der Waals surface area (Å²) in [6, 6.07) is -0.342. The van der Waals surface area contributed by atoms with Crippen LogP contribution in [0.5, 0.6) is 0 Å². The summed E-state index contributed by atoms with van der Waals surface area (Å²) in [5, 5.41) is 11.6. The summed E-state index contributed by atoms with van der Waals surface area (Å²) in [6.45, 7) is 2.38. The SMILES string of the molecule is CSC(C)CCNC(=O)N(C)CC(=O)O. The number of nitrogens with one attached hydrogen (secondary N) is 1. The highest BCUT2D eigenvalue weighted by Crippen LogP contribution is 2.07. The molecule has 0 radical (unpaired) electrons. The van der Waals surface area contributed by atoms with Crippen LogP contribution in [0.4, 0.5) is 4.79 Å². The van der Waals surface area contributed by atoms with Crippen LogP contribution in [-0.2, 0) is 4.79 Å². The molecule has 0 aromatic heterocycles. The van der Waals surface area contributed by atoms with E-state index in [1.807, 2.05) is 6.26 Å². The van der Waals surface area contributed by atoms with Gasteiger partial charge in [-0.15, -0.1) is 0 Å². The fourth-order valence-corrected chi connectivity index (χ4v) is 1.26. The third-order valence-electron chi connectivity index (χ3n) is 1.95. The maximum absolute atomic E-state index is 11.3. The van der Waals surface area contributed by atoms with E-state index in [1.165, 1.54) is 7.05 Å². The molecule has 88 valence electrons. The minimum atomic E-state index is -1.01. The zero-order chi connectivity index (χ0) is 11.8. The molecule has 1 unspecified atom stereocenters. The zero-order valence-corrected chi connectivity index (χ0v) is 10.1. The Morgan fingerprint density at radius 2 is 2.13 bits per heavy atom. The molecule has 0 bridgehead atoms. The predicted octanol–water partition coefficient (Wildman–Crippen LogP) is 0.854. The first-order valence-corrected chi connectivity index (χ1v) is 5.99. The van der Waals surface area contributed by atoms with Gasteiger partial charge in [0.25, 0.3) is 0 Å². The van der Waals surface area contributed by atoms with E-state index in [0.717, 1.165) is 11.3 Å². The molecule has 2 amide bonds. The molecule has 0 aliphatic carbocycles. The summed E-state index contributed by atoms with van der Waals surface area (Å²) in [7, 11) is 1.46. The van der Waals surface area contributed by atoms with Crippen LogP contribution >= 0.6 is 11.8 Å². The van der Waals surface area contributed by atoms with E-state index in [4.69, 9.17) is 5.11 Å². The molecule has 0 saturated carbocycles. The summed E-state index contributed by atoms with van der Waals surface area (Å²) >= 11 is 1.74. The van der Waals surface area contributed by atoms with Gasteiger partial charge in [0, 0.05) is 18.8 Å². The van der Waals surface area contributed by atoms with Crippen LogP contribution in [0.25, 0.3) is 0 Å². The van der Waals surface area contributed by atoms with E-state index in [2.05, 4.69) is 12.2 Å². The van der Waals surface area contributed by atoms with Crippen molar-refractivity contribution in [2.75, 3.05) is 26.4 Å². The van der Waals surface area contributed by atoms with Gasteiger partial charge in [0.15, 0.2) is 0 Å². The standard InChI is InChI=1S/C9H18N2O3S/c1-7(15-3)4-5-10-9(14)11(2)6-8(12)13/h7H,4-6H2,1-3H3,(H,10,14)(H,12,13). The number of amides is 2. The lowest BCUT2D eigenvalue weighted by Gasteiger charge is -2.16. The highest BCUT2D eigenvalue weighted by atomic mass is 32.2. The van der Waals surface area contributed by atoms with Gasteiger partial charge < -0.3 is 15.3 Å².